The minimum absolute atomic E-state index is 0.409. The minimum atomic E-state index is -0.860. The Morgan fingerprint density at radius 2 is 2.40 bits per heavy atom. The number of carbonyl (C=O) groups is 1. The van der Waals surface area contributed by atoms with Gasteiger partial charge in [-0.05, 0) is 12.3 Å². The summed E-state index contributed by atoms with van der Waals surface area (Å²) in [6, 6.07) is 0. The van der Waals surface area contributed by atoms with Crippen LogP contribution in [0.1, 0.15) is 29.2 Å². The lowest BCUT2D eigenvalue weighted by Gasteiger charge is -2.04. The van der Waals surface area contributed by atoms with Crippen molar-refractivity contribution >= 4 is 22.3 Å². The fraction of sp³-hybridized carbons (Fsp3) is 0.400. The number of hydrogen-bond acceptors (Lipinski definition) is 3. The molecule has 0 aliphatic rings. The van der Waals surface area contributed by atoms with Gasteiger partial charge < -0.3 is 5.11 Å². The summed E-state index contributed by atoms with van der Waals surface area (Å²) in [7, 11) is 0. The highest BCUT2D eigenvalue weighted by molar-refractivity contribution is 7.18. The zero-order valence-electron chi connectivity index (χ0n) is 8.60. The third-order valence-electron chi connectivity index (χ3n) is 2.15. The predicted octanol–water partition coefficient (Wildman–Crippen LogP) is 2.29. The van der Waals surface area contributed by atoms with Crippen molar-refractivity contribution in [3.05, 3.63) is 23.0 Å². The number of nitrogens with zero attached hydrogens (tertiary/aromatic N) is 2. The Morgan fingerprint density at radius 1 is 1.67 bits per heavy atom. The second kappa shape index (κ2) is 3.66. The van der Waals surface area contributed by atoms with Gasteiger partial charge in [-0.15, -0.1) is 0 Å². The molecule has 2 heterocycles. The second-order valence-corrected chi connectivity index (χ2v) is 4.84. The Hall–Kier alpha value is -1.36. The van der Waals surface area contributed by atoms with Crippen molar-refractivity contribution in [2.45, 2.75) is 20.3 Å². The summed E-state index contributed by atoms with van der Waals surface area (Å²) in [6.45, 7) is 4.15. The van der Waals surface area contributed by atoms with Gasteiger partial charge in [-0.2, -0.15) is 0 Å². The highest BCUT2D eigenvalue weighted by Crippen LogP contribution is 2.24. The number of fused-ring (bicyclic) bond motifs is 1. The van der Waals surface area contributed by atoms with Crippen LogP contribution < -0.4 is 0 Å². The molecule has 2 aromatic heterocycles. The molecule has 0 aliphatic heterocycles. The van der Waals surface area contributed by atoms with Crippen LogP contribution in [0.25, 0.3) is 4.96 Å². The Bertz CT molecular complexity index is 498. The number of aromatic nitrogens is 2. The first-order valence-electron chi connectivity index (χ1n) is 4.77. The standard InChI is InChI=1S/C10H12N2O2S/c1-6(2)5-7-8(9(13)14)15-10-11-3-4-12(7)10/h3-4,6H,5H2,1-2H3,(H,13,14). The molecule has 0 radical (unpaired) electrons. The van der Waals surface area contributed by atoms with Gasteiger partial charge in [-0.3, -0.25) is 4.40 Å². The van der Waals surface area contributed by atoms with Crippen molar-refractivity contribution in [3.8, 4) is 0 Å². The van der Waals surface area contributed by atoms with Crippen molar-refractivity contribution in [2.75, 3.05) is 0 Å². The molecule has 80 valence electrons. The summed E-state index contributed by atoms with van der Waals surface area (Å²) in [5.41, 5.74) is 0.856. The van der Waals surface area contributed by atoms with Crippen LogP contribution in [-0.4, -0.2) is 20.5 Å². The molecule has 0 saturated heterocycles. The van der Waals surface area contributed by atoms with Crippen LogP contribution in [0.2, 0.25) is 0 Å². The lowest BCUT2D eigenvalue weighted by Crippen LogP contribution is -2.04. The van der Waals surface area contributed by atoms with E-state index in [1.807, 2.05) is 10.6 Å². The highest BCUT2D eigenvalue weighted by Gasteiger charge is 2.18. The molecule has 0 fully saturated rings. The summed E-state index contributed by atoms with van der Waals surface area (Å²) in [6.07, 6.45) is 4.27. The maximum Gasteiger partial charge on any atom is 0.347 e. The summed E-state index contributed by atoms with van der Waals surface area (Å²) < 4.78 is 1.87. The minimum Gasteiger partial charge on any atom is -0.477 e. The van der Waals surface area contributed by atoms with Crippen LogP contribution in [0.4, 0.5) is 0 Å². The quantitative estimate of drug-likeness (QED) is 0.870. The van der Waals surface area contributed by atoms with Gasteiger partial charge in [-0.1, -0.05) is 25.2 Å². The van der Waals surface area contributed by atoms with Gasteiger partial charge in [0.05, 0.1) is 0 Å². The first kappa shape index (κ1) is 10.2. The fourth-order valence-corrected chi connectivity index (χ4v) is 2.53. The summed E-state index contributed by atoms with van der Waals surface area (Å²) in [5.74, 6) is -0.426. The molecule has 5 heteroatoms. The van der Waals surface area contributed by atoms with E-state index in [0.29, 0.717) is 10.8 Å². The Kier molecular flexibility index (Phi) is 2.48. The molecule has 0 aromatic carbocycles. The fourth-order valence-electron chi connectivity index (χ4n) is 1.58. The van der Waals surface area contributed by atoms with Gasteiger partial charge in [0.25, 0.3) is 0 Å². The first-order valence-corrected chi connectivity index (χ1v) is 5.59. The molecular weight excluding hydrogens is 212 g/mol. The molecule has 0 unspecified atom stereocenters. The zero-order chi connectivity index (χ0) is 11.0. The molecule has 2 aromatic rings. The average Bonchev–Trinajstić information content (AvgIpc) is 2.66. The van der Waals surface area contributed by atoms with E-state index in [1.54, 1.807) is 6.20 Å². The third kappa shape index (κ3) is 1.74. The molecule has 0 aliphatic carbocycles. The van der Waals surface area contributed by atoms with E-state index < -0.39 is 5.97 Å². The maximum absolute atomic E-state index is 11.0. The number of aromatic carboxylic acids is 1. The number of carboxylic acid groups (broad SMARTS) is 1. The zero-order valence-corrected chi connectivity index (χ0v) is 9.41. The van der Waals surface area contributed by atoms with Crippen LogP contribution in [0.3, 0.4) is 0 Å². The van der Waals surface area contributed by atoms with Crippen LogP contribution in [0.5, 0.6) is 0 Å². The van der Waals surface area contributed by atoms with Crippen molar-refractivity contribution in [3.63, 3.8) is 0 Å². The largest absolute Gasteiger partial charge is 0.477 e. The van der Waals surface area contributed by atoms with Crippen LogP contribution in [-0.2, 0) is 6.42 Å². The van der Waals surface area contributed by atoms with Crippen molar-refractivity contribution in [1.82, 2.24) is 9.38 Å². The molecule has 2 rings (SSSR count). The number of thiazole rings is 1. The van der Waals surface area contributed by atoms with E-state index in [1.165, 1.54) is 11.3 Å². The average molecular weight is 224 g/mol. The predicted molar refractivity (Wildman–Crippen MR) is 58.6 cm³/mol. The van der Waals surface area contributed by atoms with E-state index in [9.17, 15) is 4.79 Å². The van der Waals surface area contributed by atoms with Gasteiger partial charge in [-0.25, -0.2) is 9.78 Å². The molecular formula is C10H12N2O2S. The topological polar surface area (TPSA) is 54.6 Å². The summed E-state index contributed by atoms with van der Waals surface area (Å²) >= 11 is 1.23. The lowest BCUT2D eigenvalue weighted by molar-refractivity contribution is 0.0700. The number of hydrogen-bond donors (Lipinski definition) is 1. The third-order valence-corrected chi connectivity index (χ3v) is 3.25. The SMILES string of the molecule is CC(C)Cc1c(C(=O)O)sc2nccn12. The van der Waals surface area contributed by atoms with Gasteiger partial charge in [0, 0.05) is 18.1 Å². The molecule has 4 nitrogen and oxygen atoms in total. The second-order valence-electron chi connectivity index (χ2n) is 3.86. The van der Waals surface area contributed by atoms with E-state index in [4.69, 9.17) is 5.11 Å². The normalized spacial score (nSPS) is 11.4. The van der Waals surface area contributed by atoms with E-state index in [2.05, 4.69) is 18.8 Å². The molecule has 1 N–H and O–H groups in total. The van der Waals surface area contributed by atoms with E-state index >= 15 is 0 Å². The smallest absolute Gasteiger partial charge is 0.347 e. The summed E-state index contributed by atoms with van der Waals surface area (Å²) in [5, 5.41) is 9.07. The highest BCUT2D eigenvalue weighted by atomic mass is 32.1. The molecule has 0 bridgehead atoms. The molecule has 15 heavy (non-hydrogen) atoms. The van der Waals surface area contributed by atoms with Crippen LogP contribution in [0, 0.1) is 5.92 Å². The number of rotatable bonds is 3. The van der Waals surface area contributed by atoms with Crippen molar-refractivity contribution in [1.29, 1.82) is 0 Å². The maximum atomic E-state index is 11.0. The lowest BCUT2D eigenvalue weighted by atomic mass is 10.1. The van der Waals surface area contributed by atoms with Crippen LogP contribution >= 0.6 is 11.3 Å². The Balaban J connectivity index is 2.58. The molecule has 0 saturated carbocycles. The van der Waals surface area contributed by atoms with E-state index in [-0.39, 0.29) is 0 Å². The van der Waals surface area contributed by atoms with Crippen LogP contribution in [0.15, 0.2) is 12.4 Å². The van der Waals surface area contributed by atoms with Crippen molar-refractivity contribution in [2.24, 2.45) is 5.92 Å². The monoisotopic (exact) mass is 224 g/mol. The van der Waals surface area contributed by atoms with Gasteiger partial charge >= 0.3 is 5.97 Å². The number of imidazole rings is 1. The van der Waals surface area contributed by atoms with Crippen molar-refractivity contribution < 1.29 is 9.90 Å². The summed E-state index contributed by atoms with van der Waals surface area (Å²) in [4.78, 5) is 16.3. The van der Waals surface area contributed by atoms with E-state index in [0.717, 1.165) is 17.1 Å². The molecule has 0 amide bonds. The molecule has 0 atom stereocenters. The van der Waals surface area contributed by atoms with Gasteiger partial charge in [0.1, 0.15) is 4.88 Å². The number of carboxylic acids is 1. The van der Waals surface area contributed by atoms with Gasteiger partial charge in [0.2, 0.25) is 0 Å². The van der Waals surface area contributed by atoms with Gasteiger partial charge in [0.15, 0.2) is 4.96 Å². The first-order chi connectivity index (χ1) is 7.09. The Morgan fingerprint density at radius 3 is 3.00 bits per heavy atom. The molecule has 0 spiro atoms. The Labute approximate surface area is 91.2 Å².